The van der Waals surface area contributed by atoms with Gasteiger partial charge in [0, 0.05) is 0 Å². The van der Waals surface area contributed by atoms with Crippen molar-refractivity contribution in [1.29, 1.82) is 5.26 Å². The van der Waals surface area contributed by atoms with E-state index in [0.717, 1.165) is 18.9 Å². The predicted octanol–water partition coefficient (Wildman–Crippen LogP) is 2.10. The number of nitrogens with one attached hydrogen (secondary N) is 1. The maximum absolute atomic E-state index is 13.4. The molecule has 1 amide bonds. The average molecular weight is 304 g/mol. The molecule has 1 N–H and O–H groups in total. The standard InChI is InChI=1S/C16H17FN2O3/c1-10-3-4-11(7-13(10)17)15(21)22-8-14(20)19-16(2,9-18)12-5-6-12/h3-4,7,12H,5-6,8H2,1-2H3,(H,19,20)/t16-/m0/s1. The van der Waals surface area contributed by atoms with E-state index >= 15 is 0 Å². The number of benzene rings is 1. The lowest BCUT2D eigenvalue weighted by Gasteiger charge is -2.22. The van der Waals surface area contributed by atoms with Gasteiger partial charge in [-0.05, 0) is 50.3 Å². The van der Waals surface area contributed by atoms with E-state index < -0.39 is 29.8 Å². The molecule has 0 unspecified atom stereocenters. The van der Waals surface area contributed by atoms with E-state index in [2.05, 4.69) is 11.4 Å². The van der Waals surface area contributed by atoms with Crippen LogP contribution in [0, 0.1) is 30.0 Å². The van der Waals surface area contributed by atoms with Crippen molar-refractivity contribution in [3.05, 3.63) is 35.1 Å². The molecule has 0 spiro atoms. The summed E-state index contributed by atoms with van der Waals surface area (Å²) in [5, 5.41) is 11.7. The third-order valence-electron chi connectivity index (χ3n) is 3.77. The van der Waals surface area contributed by atoms with Gasteiger partial charge < -0.3 is 10.1 Å². The summed E-state index contributed by atoms with van der Waals surface area (Å²) in [6.45, 7) is 2.73. The Morgan fingerprint density at radius 3 is 2.73 bits per heavy atom. The van der Waals surface area contributed by atoms with Crippen molar-refractivity contribution in [3.63, 3.8) is 0 Å². The Hall–Kier alpha value is -2.42. The zero-order valence-corrected chi connectivity index (χ0v) is 12.5. The van der Waals surface area contributed by atoms with Gasteiger partial charge in [-0.2, -0.15) is 5.26 Å². The minimum atomic E-state index is -0.931. The molecule has 0 heterocycles. The van der Waals surface area contributed by atoms with Gasteiger partial charge in [-0.15, -0.1) is 0 Å². The molecule has 0 bridgehead atoms. The Kier molecular flexibility index (Phi) is 4.45. The number of ether oxygens (including phenoxy) is 1. The number of amides is 1. The summed E-state index contributed by atoms with van der Waals surface area (Å²) < 4.78 is 18.2. The number of hydrogen-bond donors (Lipinski definition) is 1. The van der Waals surface area contributed by atoms with Crippen molar-refractivity contribution >= 4 is 11.9 Å². The van der Waals surface area contributed by atoms with E-state index in [0.29, 0.717) is 5.56 Å². The van der Waals surface area contributed by atoms with Crippen LogP contribution in [0.15, 0.2) is 18.2 Å². The van der Waals surface area contributed by atoms with Gasteiger partial charge >= 0.3 is 5.97 Å². The molecule has 0 saturated heterocycles. The summed E-state index contributed by atoms with van der Waals surface area (Å²) in [7, 11) is 0. The minimum absolute atomic E-state index is 0.0427. The smallest absolute Gasteiger partial charge is 0.338 e. The summed E-state index contributed by atoms with van der Waals surface area (Å²) in [6.07, 6.45) is 1.79. The maximum Gasteiger partial charge on any atom is 0.338 e. The fourth-order valence-corrected chi connectivity index (χ4v) is 2.14. The third-order valence-corrected chi connectivity index (χ3v) is 3.77. The predicted molar refractivity (Wildman–Crippen MR) is 76.3 cm³/mol. The third kappa shape index (κ3) is 3.61. The van der Waals surface area contributed by atoms with Crippen LogP contribution >= 0.6 is 0 Å². The minimum Gasteiger partial charge on any atom is -0.452 e. The van der Waals surface area contributed by atoms with E-state index in [1.54, 1.807) is 13.8 Å². The van der Waals surface area contributed by atoms with Crippen LogP contribution in [0.4, 0.5) is 4.39 Å². The first-order valence-electron chi connectivity index (χ1n) is 7.01. The van der Waals surface area contributed by atoms with E-state index in [9.17, 15) is 14.0 Å². The normalized spacial score (nSPS) is 16.3. The first-order valence-corrected chi connectivity index (χ1v) is 7.01. The van der Waals surface area contributed by atoms with Gasteiger partial charge in [0.25, 0.3) is 5.91 Å². The van der Waals surface area contributed by atoms with E-state index in [1.165, 1.54) is 12.1 Å². The molecule has 116 valence electrons. The molecule has 2 rings (SSSR count). The quantitative estimate of drug-likeness (QED) is 0.845. The Bertz CT molecular complexity index is 649. The molecule has 5 nitrogen and oxygen atoms in total. The van der Waals surface area contributed by atoms with Gasteiger partial charge in [0.1, 0.15) is 11.4 Å². The molecule has 1 fully saturated rings. The van der Waals surface area contributed by atoms with Crippen LogP contribution in [-0.2, 0) is 9.53 Å². The molecule has 1 atom stereocenters. The van der Waals surface area contributed by atoms with Gasteiger partial charge in [-0.1, -0.05) is 6.07 Å². The fraction of sp³-hybridized carbons (Fsp3) is 0.438. The first kappa shape index (κ1) is 16.0. The highest BCUT2D eigenvalue weighted by molar-refractivity contribution is 5.91. The summed E-state index contributed by atoms with van der Waals surface area (Å²) >= 11 is 0. The summed E-state index contributed by atoms with van der Waals surface area (Å²) in [6, 6.07) is 6.05. The summed E-state index contributed by atoms with van der Waals surface area (Å²) in [4.78, 5) is 23.6. The van der Waals surface area contributed by atoms with E-state index in [4.69, 9.17) is 10.00 Å². The molecular weight excluding hydrogens is 287 g/mol. The molecule has 1 aromatic carbocycles. The Balaban J connectivity index is 1.89. The summed E-state index contributed by atoms with van der Waals surface area (Å²) in [5.41, 5.74) is -0.468. The lowest BCUT2D eigenvalue weighted by Crippen LogP contribution is -2.48. The first-order chi connectivity index (χ1) is 10.4. The molecule has 1 aliphatic carbocycles. The molecule has 6 heteroatoms. The Morgan fingerprint density at radius 1 is 1.50 bits per heavy atom. The van der Waals surface area contributed by atoms with E-state index in [1.807, 2.05) is 0 Å². The molecule has 1 aliphatic rings. The number of halogens is 1. The van der Waals surface area contributed by atoms with Crippen molar-refractivity contribution in [2.45, 2.75) is 32.2 Å². The lowest BCUT2D eigenvalue weighted by atomic mass is 9.98. The monoisotopic (exact) mass is 304 g/mol. The fourth-order valence-electron chi connectivity index (χ4n) is 2.14. The van der Waals surface area contributed by atoms with Crippen molar-refractivity contribution in [1.82, 2.24) is 5.32 Å². The van der Waals surface area contributed by atoms with Crippen LogP contribution in [0.1, 0.15) is 35.7 Å². The van der Waals surface area contributed by atoms with E-state index in [-0.39, 0.29) is 11.5 Å². The second-order valence-corrected chi connectivity index (χ2v) is 5.68. The second-order valence-electron chi connectivity index (χ2n) is 5.68. The molecular formula is C16H17FN2O3. The van der Waals surface area contributed by atoms with Crippen LogP contribution in [0.3, 0.4) is 0 Å². The van der Waals surface area contributed by atoms with Gasteiger partial charge in [-0.3, -0.25) is 4.79 Å². The van der Waals surface area contributed by atoms with Crippen molar-refractivity contribution in [2.75, 3.05) is 6.61 Å². The van der Waals surface area contributed by atoms with Gasteiger partial charge in [-0.25, -0.2) is 9.18 Å². The number of nitriles is 1. The molecule has 0 radical (unpaired) electrons. The van der Waals surface area contributed by atoms with Crippen LogP contribution in [0.5, 0.6) is 0 Å². The maximum atomic E-state index is 13.4. The largest absolute Gasteiger partial charge is 0.452 e. The second kappa shape index (κ2) is 6.14. The number of aryl methyl sites for hydroxylation is 1. The Morgan fingerprint density at radius 2 is 2.18 bits per heavy atom. The van der Waals surface area contributed by atoms with Gasteiger partial charge in [0.2, 0.25) is 0 Å². The molecule has 1 aromatic rings. The Labute approximate surface area is 128 Å². The number of hydrogen-bond acceptors (Lipinski definition) is 4. The van der Waals surface area contributed by atoms with Crippen LogP contribution in [0.2, 0.25) is 0 Å². The highest BCUT2D eigenvalue weighted by Gasteiger charge is 2.43. The number of nitrogens with zero attached hydrogens (tertiary/aromatic N) is 1. The zero-order valence-electron chi connectivity index (χ0n) is 12.5. The van der Waals surface area contributed by atoms with Crippen molar-refractivity contribution in [3.8, 4) is 6.07 Å². The number of carbonyl (C=O) groups is 2. The van der Waals surface area contributed by atoms with Crippen LogP contribution in [0.25, 0.3) is 0 Å². The number of carbonyl (C=O) groups excluding carboxylic acids is 2. The zero-order chi connectivity index (χ0) is 16.3. The van der Waals surface area contributed by atoms with Crippen LogP contribution in [-0.4, -0.2) is 24.0 Å². The summed E-state index contributed by atoms with van der Waals surface area (Å²) in [5.74, 6) is -1.69. The van der Waals surface area contributed by atoms with Crippen molar-refractivity contribution in [2.24, 2.45) is 5.92 Å². The number of rotatable bonds is 5. The molecule has 0 aromatic heterocycles. The van der Waals surface area contributed by atoms with Crippen LogP contribution < -0.4 is 5.32 Å². The van der Waals surface area contributed by atoms with Gasteiger partial charge in [0.15, 0.2) is 6.61 Å². The molecule has 0 aliphatic heterocycles. The SMILES string of the molecule is Cc1ccc(C(=O)OCC(=O)N[C@@](C)(C#N)C2CC2)cc1F. The topological polar surface area (TPSA) is 79.2 Å². The molecule has 1 saturated carbocycles. The van der Waals surface area contributed by atoms with Gasteiger partial charge in [0.05, 0.1) is 11.6 Å². The number of esters is 1. The highest BCUT2D eigenvalue weighted by atomic mass is 19.1. The molecule has 22 heavy (non-hydrogen) atoms. The average Bonchev–Trinajstić information content (AvgIpc) is 3.32. The highest BCUT2D eigenvalue weighted by Crippen LogP contribution is 2.39. The lowest BCUT2D eigenvalue weighted by molar-refractivity contribution is -0.125. The van der Waals surface area contributed by atoms with Crippen molar-refractivity contribution < 1.29 is 18.7 Å².